The molecule has 1 unspecified atom stereocenters. The summed E-state index contributed by atoms with van der Waals surface area (Å²) in [7, 11) is 1.42. The number of carbonyl (C=O) groups is 3. The van der Waals surface area contributed by atoms with Gasteiger partial charge in [0.1, 0.15) is 12.1 Å². The molecule has 1 amide bonds. The van der Waals surface area contributed by atoms with E-state index in [2.05, 4.69) is 40.7 Å². The van der Waals surface area contributed by atoms with Crippen LogP contribution in [0.3, 0.4) is 0 Å². The van der Waals surface area contributed by atoms with Crippen molar-refractivity contribution >= 4 is 17.8 Å². The van der Waals surface area contributed by atoms with E-state index in [1.807, 2.05) is 6.92 Å². The van der Waals surface area contributed by atoms with Gasteiger partial charge in [0, 0.05) is 31.2 Å². The molecule has 1 aliphatic heterocycles. The molecule has 2 aliphatic carbocycles. The number of cyclic esters (lactones) is 1. The van der Waals surface area contributed by atoms with Gasteiger partial charge >= 0.3 is 11.9 Å². The van der Waals surface area contributed by atoms with E-state index in [1.54, 1.807) is 13.8 Å². The molecule has 0 spiro atoms. The predicted molar refractivity (Wildman–Crippen MR) is 159 cm³/mol. The number of methoxy groups -OCH3 is 1. The van der Waals surface area contributed by atoms with Crippen molar-refractivity contribution in [2.24, 2.45) is 11.8 Å². The lowest BCUT2D eigenvalue weighted by Crippen LogP contribution is -2.44. The van der Waals surface area contributed by atoms with E-state index in [4.69, 9.17) is 23.7 Å². The molecule has 1 fully saturated rings. The molecule has 2 heterocycles. The van der Waals surface area contributed by atoms with Crippen LogP contribution in [0.4, 0.5) is 0 Å². The summed E-state index contributed by atoms with van der Waals surface area (Å²) in [6, 6.07) is 0.557. The Bertz CT molecular complexity index is 1300. The van der Waals surface area contributed by atoms with Crippen molar-refractivity contribution in [3.05, 3.63) is 65.1 Å². The van der Waals surface area contributed by atoms with Gasteiger partial charge < -0.3 is 29.0 Å². The van der Waals surface area contributed by atoms with Gasteiger partial charge in [-0.3, -0.25) is 9.59 Å². The van der Waals surface area contributed by atoms with E-state index >= 15 is 0 Å². The Hall–Kier alpha value is -3.92. The number of aromatic nitrogens is 1. The summed E-state index contributed by atoms with van der Waals surface area (Å²) in [5, 5.41) is 2.72. The van der Waals surface area contributed by atoms with Crippen LogP contribution in [0, 0.1) is 11.8 Å². The number of pyridine rings is 1. The van der Waals surface area contributed by atoms with Gasteiger partial charge in [0.2, 0.25) is 6.79 Å². The molecule has 3 atom stereocenters. The third-order valence-electron chi connectivity index (χ3n) is 7.77. The highest BCUT2D eigenvalue weighted by atomic mass is 16.7. The van der Waals surface area contributed by atoms with Crippen LogP contribution in [0.1, 0.15) is 69.8 Å². The number of ether oxygens (including phenoxy) is 5. The van der Waals surface area contributed by atoms with E-state index < -0.39 is 36.8 Å². The zero-order valence-electron chi connectivity index (χ0n) is 25.4. The van der Waals surface area contributed by atoms with Gasteiger partial charge in [-0.25, -0.2) is 9.78 Å². The number of allylic oxidation sites excluding steroid dienone is 8. The van der Waals surface area contributed by atoms with Crippen LogP contribution >= 0.6 is 0 Å². The topological polar surface area (TPSA) is 122 Å². The molecule has 3 aliphatic rings. The Kier molecular flexibility index (Phi) is 11.6. The van der Waals surface area contributed by atoms with Crippen LogP contribution in [-0.4, -0.2) is 62.1 Å². The molecule has 10 heteroatoms. The Morgan fingerprint density at radius 1 is 1.19 bits per heavy atom. The average molecular weight is 595 g/mol. The minimum atomic E-state index is -0.961. The summed E-state index contributed by atoms with van der Waals surface area (Å²) >= 11 is 0. The molecule has 0 saturated carbocycles. The fourth-order valence-electron chi connectivity index (χ4n) is 5.25. The lowest BCUT2D eigenvalue weighted by atomic mass is 9.83. The van der Waals surface area contributed by atoms with Gasteiger partial charge in [-0.15, -0.1) is 0 Å². The third kappa shape index (κ3) is 8.56. The Labute approximate surface area is 253 Å². The fourth-order valence-corrected chi connectivity index (χ4v) is 5.25. The maximum absolute atomic E-state index is 13.3. The maximum Gasteiger partial charge on any atom is 0.329 e. The SMILES string of the molecule is COc1ccnc(C(=O)N[C@H]2CCOC[C@@H](CC3=C(C4=CC=CCC4)CCC=C3)C(C)OC2=O)c1OCOC(=O)C(C)C. The lowest BCUT2D eigenvalue weighted by Gasteiger charge is -2.27. The highest BCUT2D eigenvalue weighted by Gasteiger charge is 2.32. The summed E-state index contributed by atoms with van der Waals surface area (Å²) in [5.41, 5.74) is 3.92. The smallest absolute Gasteiger partial charge is 0.329 e. The summed E-state index contributed by atoms with van der Waals surface area (Å²) < 4.78 is 27.9. The van der Waals surface area contributed by atoms with Crippen molar-refractivity contribution in [1.82, 2.24) is 10.3 Å². The fraction of sp³-hybridized carbons (Fsp3) is 0.515. The van der Waals surface area contributed by atoms with E-state index in [9.17, 15) is 14.4 Å². The van der Waals surface area contributed by atoms with Gasteiger partial charge in [0.05, 0.1) is 19.6 Å². The Morgan fingerprint density at radius 2 is 2.00 bits per heavy atom. The first-order chi connectivity index (χ1) is 20.8. The highest BCUT2D eigenvalue weighted by Crippen LogP contribution is 2.34. The zero-order chi connectivity index (χ0) is 30.8. The molecule has 232 valence electrons. The molecule has 10 nitrogen and oxygen atoms in total. The number of nitrogens with one attached hydrogen (secondary N) is 1. The van der Waals surface area contributed by atoms with Gasteiger partial charge in [-0.2, -0.15) is 0 Å². The van der Waals surface area contributed by atoms with E-state index in [0.717, 1.165) is 32.1 Å². The van der Waals surface area contributed by atoms with Crippen molar-refractivity contribution < 1.29 is 38.1 Å². The largest absolute Gasteiger partial charge is 0.493 e. The summed E-state index contributed by atoms with van der Waals surface area (Å²) in [6.45, 7) is 5.54. The molecule has 1 aromatic rings. The van der Waals surface area contributed by atoms with Crippen molar-refractivity contribution in [3.63, 3.8) is 0 Å². The van der Waals surface area contributed by atoms with Gasteiger partial charge in [0.25, 0.3) is 5.91 Å². The van der Waals surface area contributed by atoms with Crippen LogP contribution in [0.15, 0.2) is 59.4 Å². The van der Waals surface area contributed by atoms with Crippen LogP contribution in [0.25, 0.3) is 0 Å². The third-order valence-corrected chi connectivity index (χ3v) is 7.77. The number of rotatable bonds is 10. The predicted octanol–water partition coefficient (Wildman–Crippen LogP) is 5.01. The van der Waals surface area contributed by atoms with E-state index in [-0.39, 0.29) is 42.1 Å². The Morgan fingerprint density at radius 3 is 2.74 bits per heavy atom. The number of nitrogens with zero attached hydrogens (tertiary/aromatic N) is 1. The van der Waals surface area contributed by atoms with Crippen molar-refractivity contribution in [3.8, 4) is 11.5 Å². The first kappa shape index (κ1) is 32.0. The number of hydrogen-bond donors (Lipinski definition) is 1. The molecular formula is C33H42N2O8. The molecule has 0 radical (unpaired) electrons. The first-order valence-corrected chi connectivity index (χ1v) is 14.9. The first-order valence-electron chi connectivity index (χ1n) is 14.9. The Balaban J connectivity index is 1.44. The van der Waals surface area contributed by atoms with Gasteiger partial charge in [-0.05, 0) is 55.7 Å². The van der Waals surface area contributed by atoms with Crippen LogP contribution < -0.4 is 14.8 Å². The zero-order valence-corrected chi connectivity index (χ0v) is 25.4. The minimum absolute atomic E-state index is 0.00615. The molecule has 1 N–H and O–H groups in total. The summed E-state index contributed by atoms with van der Waals surface area (Å²) in [6.07, 6.45) is 16.9. The molecule has 0 bridgehead atoms. The second kappa shape index (κ2) is 15.5. The number of esters is 2. The molecule has 43 heavy (non-hydrogen) atoms. The molecule has 1 saturated heterocycles. The molecule has 0 aromatic carbocycles. The normalized spacial score (nSPS) is 22.6. The standard InChI is InChI=1S/C33H42N2O8/c1-21(2)32(37)42-20-41-30-28(39-4)14-16-34-29(30)31(36)35-27-15-17-40-19-25(22(3)43-33(27)38)18-24-12-8-9-13-26(24)23-10-6-5-7-11-23/h5-6,8,10,12,14,16,21-22,25,27H,7,9,11,13,15,17-20H2,1-4H3,(H,35,36)/t22?,25-,27+/m1/s1. The maximum atomic E-state index is 13.3. The van der Waals surface area contributed by atoms with Crippen molar-refractivity contribution in [2.75, 3.05) is 27.1 Å². The number of carbonyl (C=O) groups excluding carboxylic acids is 3. The lowest BCUT2D eigenvalue weighted by molar-refractivity contribution is -0.154. The van der Waals surface area contributed by atoms with E-state index in [1.165, 1.54) is 36.1 Å². The molecule has 4 rings (SSSR count). The highest BCUT2D eigenvalue weighted by molar-refractivity contribution is 5.98. The average Bonchev–Trinajstić information content (AvgIpc) is 3.07. The monoisotopic (exact) mass is 594 g/mol. The van der Waals surface area contributed by atoms with Gasteiger partial charge in [-0.1, -0.05) is 44.2 Å². The second-order valence-electron chi connectivity index (χ2n) is 11.2. The second-order valence-corrected chi connectivity index (χ2v) is 11.2. The van der Waals surface area contributed by atoms with Crippen molar-refractivity contribution in [2.45, 2.75) is 71.4 Å². The summed E-state index contributed by atoms with van der Waals surface area (Å²) in [5.74, 6) is -1.82. The quantitative estimate of drug-likeness (QED) is 0.294. The van der Waals surface area contributed by atoms with Crippen LogP contribution in [0.5, 0.6) is 11.5 Å². The molecule has 1 aromatic heterocycles. The van der Waals surface area contributed by atoms with Gasteiger partial charge in [0.15, 0.2) is 17.2 Å². The van der Waals surface area contributed by atoms with Crippen LogP contribution in [0.2, 0.25) is 0 Å². The number of amides is 1. The minimum Gasteiger partial charge on any atom is -0.493 e. The number of hydrogen-bond acceptors (Lipinski definition) is 9. The summed E-state index contributed by atoms with van der Waals surface area (Å²) in [4.78, 5) is 42.6. The van der Waals surface area contributed by atoms with E-state index in [0.29, 0.717) is 6.61 Å². The molecular weight excluding hydrogens is 552 g/mol. The van der Waals surface area contributed by atoms with Crippen LogP contribution in [-0.2, 0) is 23.8 Å². The van der Waals surface area contributed by atoms with Crippen molar-refractivity contribution in [1.29, 1.82) is 0 Å².